The molecule has 0 aliphatic carbocycles. The minimum atomic E-state index is -0.314. The second-order valence-corrected chi connectivity index (χ2v) is 12.0. The van der Waals surface area contributed by atoms with E-state index in [4.69, 9.17) is 4.74 Å². The Hall–Kier alpha value is -5.41. The monoisotopic (exact) mass is 745 g/mol. The van der Waals surface area contributed by atoms with Gasteiger partial charge in [0.25, 0.3) is 0 Å². The zero-order valence-corrected chi connectivity index (χ0v) is 33.9. The number of aliphatic hydroxyl groups excluding tert-OH is 1. The number of methoxy groups -OCH3 is 1. The third-order valence-electron chi connectivity index (χ3n) is 8.29. The molecule has 7 nitrogen and oxygen atoms in total. The number of ketones is 2. The quantitative estimate of drug-likeness (QED) is 0.0552. The Labute approximate surface area is 347 Å². The van der Waals surface area contributed by atoms with Crippen LogP contribution in [0.4, 0.5) is 0 Å². The molecule has 6 aromatic rings. The Balaban J connectivity index is 0.000000407. The Morgan fingerprint density at radius 3 is 1.47 bits per heavy atom. The number of fused-ring (bicyclic) bond motifs is 2. The molecule has 1 aliphatic heterocycles. The molecule has 0 unspecified atom stereocenters. The van der Waals surface area contributed by atoms with Crippen molar-refractivity contribution < 1.29 is 59.9 Å². The van der Waals surface area contributed by atoms with Crippen LogP contribution in [-0.4, -0.2) is 43.0 Å². The third kappa shape index (κ3) is 14.4. The molecule has 1 saturated heterocycles. The van der Waals surface area contributed by atoms with Gasteiger partial charge in [0, 0.05) is 36.0 Å². The topological polar surface area (TPSA) is 125 Å². The molecule has 4 N–H and O–H groups in total. The van der Waals surface area contributed by atoms with Crippen molar-refractivity contribution >= 4 is 57.0 Å². The van der Waals surface area contributed by atoms with Gasteiger partial charge in [-0.1, -0.05) is 135 Å². The first kappa shape index (κ1) is 45.7. The Kier molecular flexibility index (Phi) is 20.0. The van der Waals surface area contributed by atoms with Crippen LogP contribution in [0, 0.1) is 0 Å². The summed E-state index contributed by atoms with van der Waals surface area (Å²) >= 11 is 0. The summed E-state index contributed by atoms with van der Waals surface area (Å²) in [5, 5.41) is 14.6. The van der Waals surface area contributed by atoms with Crippen molar-refractivity contribution in [3.8, 4) is 0 Å². The van der Waals surface area contributed by atoms with Crippen LogP contribution in [-0.2, 0) is 9.47 Å². The average molecular weight is 746 g/mol. The van der Waals surface area contributed by atoms with Crippen LogP contribution in [0.15, 0.2) is 153 Å². The first-order valence-corrected chi connectivity index (χ1v) is 17.3. The predicted octanol–water partition coefficient (Wildman–Crippen LogP) is 8.50. The Morgan fingerprint density at radius 1 is 0.636 bits per heavy atom. The molecule has 278 valence electrons. The molecule has 55 heavy (non-hydrogen) atoms. The number of benzene rings is 6. The van der Waals surface area contributed by atoms with Crippen molar-refractivity contribution in [3.63, 3.8) is 0 Å². The van der Waals surface area contributed by atoms with Gasteiger partial charge >= 0.3 is 35.5 Å². The van der Waals surface area contributed by atoms with Crippen LogP contribution in [0.2, 0.25) is 0 Å². The third-order valence-corrected chi connectivity index (χ3v) is 8.29. The van der Waals surface area contributed by atoms with Crippen molar-refractivity contribution in [2.75, 3.05) is 20.3 Å². The molecule has 0 bridgehead atoms. The van der Waals surface area contributed by atoms with Gasteiger partial charge in [0.1, 0.15) is 5.76 Å². The minimum absolute atomic E-state index is 0. The van der Waals surface area contributed by atoms with Gasteiger partial charge in [-0.3, -0.25) is 9.59 Å². The minimum Gasteiger partial charge on any atom is -1.00 e. The van der Waals surface area contributed by atoms with Crippen molar-refractivity contribution in [1.82, 2.24) is 6.15 Å². The van der Waals surface area contributed by atoms with Gasteiger partial charge in [0.2, 0.25) is 0 Å². The number of esters is 1. The number of hydrogen-bond acceptors (Lipinski definition) is 7. The van der Waals surface area contributed by atoms with Crippen LogP contribution in [0.5, 0.6) is 0 Å². The molecule has 1 fully saturated rings. The molecule has 6 aromatic carbocycles. The molecule has 1 heterocycles. The van der Waals surface area contributed by atoms with E-state index >= 15 is 0 Å². The maximum atomic E-state index is 12.2. The number of carbonyl (C=O) groups is 3. The van der Waals surface area contributed by atoms with E-state index in [9.17, 15) is 19.5 Å². The summed E-state index contributed by atoms with van der Waals surface area (Å²) in [7, 11) is 1.36. The zero-order valence-electron chi connectivity index (χ0n) is 32.9. The fourth-order valence-corrected chi connectivity index (χ4v) is 5.21. The molecule has 0 aromatic heterocycles. The molecule has 1 aliphatic rings. The summed E-state index contributed by atoms with van der Waals surface area (Å²) in [4.78, 5) is 34.3. The Morgan fingerprint density at radius 2 is 1.05 bits per heavy atom. The van der Waals surface area contributed by atoms with E-state index in [2.05, 4.69) is 17.9 Å². The van der Waals surface area contributed by atoms with Crippen LogP contribution in [0.3, 0.4) is 0 Å². The first-order chi connectivity index (χ1) is 25.7. The van der Waals surface area contributed by atoms with Crippen LogP contribution < -0.4 is 35.7 Å². The van der Waals surface area contributed by atoms with Gasteiger partial charge in [-0.25, -0.2) is 4.79 Å². The summed E-state index contributed by atoms with van der Waals surface area (Å²) in [6.07, 6.45) is 7.25. The SMILES string of the molecule is C1CCOC1.C=Cc1ccc(C(=O)C=C(O)c2ccc3ccccc3c2)cc1.C=Cc1ccc(C(=O)OC)cc1.CC(=O)c1ccc2ccccc2c1.N.[H-].[Na+]. The smallest absolute Gasteiger partial charge is 1.00 e. The van der Waals surface area contributed by atoms with E-state index in [1.807, 2.05) is 109 Å². The average Bonchev–Trinajstić information content (AvgIpc) is 3.81. The molecule has 0 amide bonds. The number of aliphatic hydroxyl groups is 1. The fourth-order valence-electron chi connectivity index (χ4n) is 5.21. The van der Waals surface area contributed by atoms with Crippen molar-refractivity contribution in [2.45, 2.75) is 19.8 Å². The summed E-state index contributed by atoms with van der Waals surface area (Å²) in [6.45, 7) is 10.9. The van der Waals surface area contributed by atoms with Gasteiger partial charge in [-0.2, -0.15) is 0 Å². The summed E-state index contributed by atoms with van der Waals surface area (Å²) < 4.78 is 9.49. The molecule has 7 rings (SSSR count). The van der Waals surface area contributed by atoms with Gasteiger partial charge in [0.05, 0.1) is 12.7 Å². The second kappa shape index (κ2) is 24.1. The standard InChI is InChI=1S/C21H16O2.C12H10O.C10H10O2.C4H8O.H3N.Na.H/c1-2-15-7-9-17(10-8-15)20(22)14-21(23)19-12-11-16-5-3-4-6-18(16)13-19;1-9(13)11-7-6-10-4-2-3-5-12(10)8-11;1-3-8-4-6-9(7-5-8)10(11)12-2;1-2-4-5-3-1;;;/h2-14,23H,1H2;2-8H,1H3;3-7H,1H2,2H3;1-4H2;1H3;;/q;;;;;+1;-1. The normalized spacial score (nSPS) is 11.3. The van der Waals surface area contributed by atoms with Gasteiger partial charge in [-0.05, 0) is 76.7 Å². The second-order valence-electron chi connectivity index (χ2n) is 12.0. The maximum Gasteiger partial charge on any atom is 1.00 e. The summed E-state index contributed by atoms with van der Waals surface area (Å²) in [5.41, 5.74) is 4.43. The number of rotatable bonds is 7. The number of carbonyl (C=O) groups excluding carboxylic acids is 3. The largest absolute Gasteiger partial charge is 1.00 e. The van der Waals surface area contributed by atoms with E-state index in [1.165, 1.54) is 31.4 Å². The zero-order chi connectivity index (χ0) is 38.0. The van der Waals surface area contributed by atoms with E-state index < -0.39 is 0 Å². The molecule has 0 radical (unpaired) electrons. The van der Waals surface area contributed by atoms with Crippen LogP contribution >= 0.6 is 0 Å². The maximum absolute atomic E-state index is 12.2. The van der Waals surface area contributed by atoms with Crippen molar-refractivity contribution in [1.29, 1.82) is 0 Å². The molecule has 0 saturated carbocycles. The fraction of sp³-hybridized carbons (Fsp3) is 0.128. The predicted molar refractivity (Wildman–Crippen MR) is 223 cm³/mol. The summed E-state index contributed by atoms with van der Waals surface area (Å²) in [6, 6.07) is 41.5. The van der Waals surface area contributed by atoms with Crippen molar-refractivity contribution in [3.05, 3.63) is 186 Å². The molecule has 0 spiro atoms. The van der Waals surface area contributed by atoms with E-state index in [1.54, 1.807) is 43.3 Å². The van der Waals surface area contributed by atoms with Gasteiger partial charge < -0.3 is 22.2 Å². The number of ether oxygens (including phenoxy) is 2. The molecular weight excluding hydrogens is 698 g/mol. The van der Waals surface area contributed by atoms with Crippen molar-refractivity contribution in [2.24, 2.45) is 0 Å². The van der Waals surface area contributed by atoms with E-state index in [-0.39, 0.29) is 60.4 Å². The Bertz CT molecular complexity index is 2200. The molecule has 0 atom stereocenters. The number of Topliss-reactive ketones (excluding diaryl/α,β-unsaturated/α-hetero) is 1. The number of allylic oxidation sites excluding steroid dienone is 1. The first-order valence-electron chi connectivity index (χ1n) is 17.3. The van der Waals surface area contributed by atoms with Gasteiger partial charge in [0.15, 0.2) is 11.6 Å². The summed E-state index contributed by atoms with van der Waals surface area (Å²) in [5.74, 6) is -0.462. The van der Waals surface area contributed by atoms with E-state index in [0.717, 1.165) is 46.1 Å². The van der Waals surface area contributed by atoms with Crippen LogP contribution in [0.1, 0.15) is 69.0 Å². The number of hydrogen-bond donors (Lipinski definition) is 2. The van der Waals surface area contributed by atoms with Crippen LogP contribution in [0.25, 0.3) is 39.5 Å². The van der Waals surface area contributed by atoms with E-state index in [0.29, 0.717) is 16.7 Å². The van der Waals surface area contributed by atoms with Gasteiger partial charge in [-0.15, -0.1) is 0 Å². The molecular formula is C47H48NNaO6. The molecule has 8 heteroatoms.